The third kappa shape index (κ3) is 7.04. The molecule has 0 aliphatic rings. The number of rotatable bonds is 9. The fraction of sp³-hybridized carbons (Fsp3) is 1.00. The summed E-state index contributed by atoms with van der Waals surface area (Å²) in [6.45, 7) is 16.0. The van der Waals surface area contributed by atoms with Gasteiger partial charge < -0.3 is 23.5 Å². The second-order valence-electron chi connectivity index (χ2n) is 7.85. The van der Waals surface area contributed by atoms with E-state index in [0.717, 1.165) is 0 Å². The topological polar surface area (TPSA) is 79.2 Å². The van der Waals surface area contributed by atoms with Crippen LogP contribution in [-0.2, 0) is 8.23 Å². The van der Waals surface area contributed by atoms with Crippen LogP contribution in [0, 0.1) is 0 Å². The molecule has 3 unspecified atom stereocenters. The van der Waals surface area contributed by atoms with Gasteiger partial charge in [0.2, 0.25) is 0 Å². The molecule has 0 rings (SSSR count). The van der Waals surface area contributed by atoms with Crippen molar-refractivity contribution in [3.8, 4) is 0 Å². The quantitative estimate of drug-likeness (QED) is 0.550. The van der Waals surface area contributed by atoms with E-state index in [9.17, 15) is 10.2 Å². The van der Waals surface area contributed by atoms with E-state index in [1.54, 1.807) is 0 Å². The first kappa shape index (κ1) is 21.5. The predicted octanol–water partition coefficient (Wildman–Crippen LogP) is 1.79. The van der Waals surface area contributed by atoms with Crippen molar-refractivity contribution in [2.45, 2.75) is 76.8 Å². The summed E-state index contributed by atoms with van der Waals surface area (Å²) in [5, 5.41) is 28.9. The fourth-order valence-electron chi connectivity index (χ4n) is 1.99. The minimum Gasteiger partial charge on any atom is -0.438 e. The summed E-state index contributed by atoms with van der Waals surface area (Å²) in [5.41, 5.74) is 0. The van der Waals surface area contributed by atoms with Crippen LogP contribution in [0.4, 0.5) is 0 Å². The molecular weight excluding hydrogens is 320 g/mol. The van der Waals surface area contributed by atoms with Crippen LogP contribution in [0.1, 0.15) is 20.3 Å². The molecule has 5 nitrogen and oxygen atoms in total. The number of aliphatic hydroxyl groups excluding tert-OH is 3. The minimum atomic E-state index is -2.24. The third-order valence-electron chi connectivity index (χ3n) is 3.45. The smallest absolute Gasteiger partial charge is 0.309 e. The van der Waals surface area contributed by atoms with Gasteiger partial charge in [0.15, 0.2) is 16.6 Å². The van der Waals surface area contributed by atoms with Crippen LogP contribution in [0.25, 0.3) is 0 Å². The molecule has 0 aromatic carbocycles. The van der Waals surface area contributed by atoms with Crippen LogP contribution in [0.5, 0.6) is 0 Å². The van der Waals surface area contributed by atoms with Crippen LogP contribution >= 0.6 is 0 Å². The summed E-state index contributed by atoms with van der Waals surface area (Å²) >= 11 is 0. The molecule has 0 amide bonds. The van der Waals surface area contributed by atoms with E-state index in [1.807, 2.05) is 13.8 Å². The van der Waals surface area contributed by atoms with Gasteiger partial charge in [-0.1, -0.05) is 13.8 Å². The van der Waals surface area contributed by atoms with Gasteiger partial charge in [-0.3, -0.25) is 0 Å². The maximum atomic E-state index is 10.5. The van der Waals surface area contributed by atoms with Gasteiger partial charge >= 0.3 is 9.28 Å². The molecule has 0 saturated carbocycles. The Kier molecular flexibility index (Phi) is 7.99. The Morgan fingerprint density at radius 1 is 1.00 bits per heavy atom. The van der Waals surface area contributed by atoms with Crippen LogP contribution < -0.4 is 0 Å². The van der Waals surface area contributed by atoms with Gasteiger partial charge in [0.05, 0.1) is 12.7 Å². The molecule has 0 spiro atoms. The van der Waals surface area contributed by atoms with Crippen molar-refractivity contribution in [2.24, 2.45) is 0 Å². The summed E-state index contributed by atoms with van der Waals surface area (Å²) in [6, 6.07) is 0. The molecule has 0 aromatic rings. The first-order valence-corrected chi connectivity index (χ1v) is 15.9. The first-order chi connectivity index (χ1) is 9.27. The lowest BCUT2D eigenvalue weighted by Gasteiger charge is -2.44. The van der Waals surface area contributed by atoms with Crippen molar-refractivity contribution in [1.29, 1.82) is 0 Å². The largest absolute Gasteiger partial charge is 0.438 e. The molecule has 0 bridgehead atoms. The summed E-state index contributed by atoms with van der Waals surface area (Å²) in [4.78, 5) is 0. The predicted molar refractivity (Wildman–Crippen MR) is 93.8 cm³/mol. The maximum Gasteiger partial charge on any atom is 0.309 e. The lowest BCUT2D eigenvalue weighted by Crippen LogP contribution is -2.55. The van der Waals surface area contributed by atoms with E-state index in [1.165, 1.54) is 0 Å². The molecule has 3 N–H and O–H groups in total. The Labute approximate surface area is 133 Å². The van der Waals surface area contributed by atoms with Crippen molar-refractivity contribution in [2.75, 3.05) is 6.61 Å². The normalized spacial score (nSPS) is 19.4. The van der Waals surface area contributed by atoms with E-state index in [4.69, 9.17) is 13.3 Å². The molecule has 0 aliphatic carbocycles. The summed E-state index contributed by atoms with van der Waals surface area (Å²) in [5.74, 6) is 0. The molecular formula is C13H34O5Si3. The average molecular weight is 355 g/mol. The van der Waals surface area contributed by atoms with Gasteiger partial charge in [-0.25, -0.2) is 0 Å². The lowest BCUT2D eigenvalue weighted by molar-refractivity contribution is -0.0410. The number of hydrogen-bond acceptors (Lipinski definition) is 5. The Bertz CT molecular complexity index is 300. The zero-order valence-corrected chi connectivity index (χ0v) is 18.0. The SMILES string of the molecule is CCC(C)(C(O)C(O)CO)[SiH](O[Si](C)(C)C)O[Si](C)(C)C. The van der Waals surface area contributed by atoms with Gasteiger partial charge in [-0.15, -0.1) is 0 Å². The lowest BCUT2D eigenvalue weighted by atomic mass is 9.96. The van der Waals surface area contributed by atoms with Gasteiger partial charge in [0.25, 0.3) is 0 Å². The van der Waals surface area contributed by atoms with Crippen LogP contribution in [0.2, 0.25) is 44.3 Å². The van der Waals surface area contributed by atoms with E-state index in [0.29, 0.717) is 6.42 Å². The zero-order valence-electron chi connectivity index (χ0n) is 14.8. The zero-order chi connectivity index (χ0) is 17.1. The highest BCUT2D eigenvalue weighted by atomic mass is 28.4. The van der Waals surface area contributed by atoms with Crippen molar-refractivity contribution in [3.63, 3.8) is 0 Å². The Morgan fingerprint density at radius 3 is 1.62 bits per heavy atom. The first-order valence-electron chi connectivity index (χ1n) is 7.59. The monoisotopic (exact) mass is 354 g/mol. The molecule has 21 heavy (non-hydrogen) atoms. The van der Waals surface area contributed by atoms with Gasteiger partial charge in [0.1, 0.15) is 6.10 Å². The summed E-state index contributed by atoms with van der Waals surface area (Å²) < 4.78 is 12.6. The van der Waals surface area contributed by atoms with Crippen molar-refractivity contribution < 1.29 is 23.5 Å². The van der Waals surface area contributed by atoms with Crippen LogP contribution in [0.15, 0.2) is 0 Å². The Hall–Kier alpha value is 0.451. The number of aliphatic hydroxyl groups is 3. The Balaban J connectivity index is 5.50. The fourth-order valence-corrected chi connectivity index (χ4v) is 10.7. The van der Waals surface area contributed by atoms with Gasteiger partial charge in [-0.05, 0) is 45.7 Å². The standard InChI is InChI=1S/C13H34O5Si3/c1-9-13(2,12(16)11(15)10-14)19(17-20(3,4)5)18-21(6,7)8/h11-12,14-16,19H,9-10H2,1-8H3. The van der Waals surface area contributed by atoms with Gasteiger partial charge in [-0.2, -0.15) is 0 Å². The minimum absolute atomic E-state index is 0.461. The van der Waals surface area contributed by atoms with E-state index >= 15 is 0 Å². The third-order valence-corrected chi connectivity index (χ3v) is 12.6. The highest BCUT2D eigenvalue weighted by Crippen LogP contribution is 2.42. The highest BCUT2D eigenvalue weighted by Gasteiger charge is 2.49. The van der Waals surface area contributed by atoms with E-state index < -0.39 is 49.8 Å². The van der Waals surface area contributed by atoms with E-state index in [2.05, 4.69) is 39.3 Å². The van der Waals surface area contributed by atoms with Gasteiger partial charge in [0, 0.05) is 5.04 Å². The van der Waals surface area contributed by atoms with E-state index in [-0.39, 0.29) is 0 Å². The second kappa shape index (κ2) is 7.82. The number of hydrogen-bond donors (Lipinski definition) is 3. The molecule has 0 heterocycles. The molecule has 0 saturated heterocycles. The molecule has 0 aromatic heterocycles. The molecule has 0 aliphatic heterocycles. The molecule has 8 heteroatoms. The second-order valence-corrected chi connectivity index (χ2v) is 20.2. The average Bonchev–Trinajstić information content (AvgIpc) is 2.31. The summed E-state index contributed by atoms with van der Waals surface area (Å²) in [7, 11) is -5.91. The highest BCUT2D eigenvalue weighted by molar-refractivity contribution is 6.81. The molecule has 0 radical (unpaired) electrons. The maximum absolute atomic E-state index is 10.5. The van der Waals surface area contributed by atoms with Crippen molar-refractivity contribution >= 4 is 25.9 Å². The summed E-state index contributed by atoms with van der Waals surface area (Å²) in [6.07, 6.45) is -1.57. The van der Waals surface area contributed by atoms with Crippen LogP contribution in [0.3, 0.4) is 0 Å². The molecule has 0 fully saturated rings. The molecule has 128 valence electrons. The van der Waals surface area contributed by atoms with Crippen molar-refractivity contribution in [3.05, 3.63) is 0 Å². The van der Waals surface area contributed by atoms with Crippen molar-refractivity contribution in [1.82, 2.24) is 0 Å². The molecule has 3 atom stereocenters. The van der Waals surface area contributed by atoms with Crippen LogP contribution in [-0.4, -0.2) is 60.1 Å². The Morgan fingerprint density at radius 2 is 1.38 bits per heavy atom.